The van der Waals surface area contributed by atoms with Crippen LogP contribution < -0.4 is 4.72 Å². The lowest BCUT2D eigenvalue weighted by atomic mass is 9.88. The summed E-state index contributed by atoms with van der Waals surface area (Å²) in [5.74, 6) is -1.33. The van der Waals surface area contributed by atoms with Gasteiger partial charge < -0.3 is 5.11 Å². The summed E-state index contributed by atoms with van der Waals surface area (Å²) in [7, 11) is -2.32. The number of aromatic nitrogens is 1. The second kappa shape index (κ2) is 8.11. The van der Waals surface area contributed by atoms with E-state index in [1.165, 1.54) is 20.8 Å². The highest BCUT2D eigenvalue weighted by atomic mass is 79.9. The fraction of sp³-hybridized carbons (Fsp3) is 0.643. The van der Waals surface area contributed by atoms with Crippen molar-refractivity contribution in [3.63, 3.8) is 0 Å². The number of halogens is 7. The number of hydrogen-bond donors (Lipinski definition) is 2. The minimum Gasteiger partial charge on any atom is -0.384 e. The van der Waals surface area contributed by atoms with E-state index in [4.69, 9.17) is 0 Å². The summed E-state index contributed by atoms with van der Waals surface area (Å²) in [5.41, 5.74) is -4.22. The van der Waals surface area contributed by atoms with Crippen LogP contribution >= 0.6 is 15.9 Å². The smallest absolute Gasteiger partial charge is 0.384 e. The molecule has 0 spiro atoms. The van der Waals surface area contributed by atoms with Crippen LogP contribution in [0.15, 0.2) is 16.7 Å². The number of pyridine rings is 1. The average molecular weight is 471 g/mol. The first-order chi connectivity index (χ1) is 11.6. The van der Waals surface area contributed by atoms with Crippen molar-refractivity contribution < 1.29 is 35.7 Å². The van der Waals surface area contributed by atoms with Gasteiger partial charge in [-0.1, -0.05) is 0 Å². The van der Waals surface area contributed by atoms with Crippen molar-refractivity contribution in [2.24, 2.45) is 0 Å². The van der Waals surface area contributed by atoms with Crippen molar-refractivity contribution in [2.75, 3.05) is 0 Å². The third kappa shape index (κ3) is 5.40. The van der Waals surface area contributed by atoms with Gasteiger partial charge in [0.15, 0.2) is 6.10 Å². The van der Waals surface area contributed by atoms with Gasteiger partial charge in [-0.15, -0.1) is 0 Å². The van der Waals surface area contributed by atoms with Crippen molar-refractivity contribution in [3.8, 4) is 0 Å². The van der Waals surface area contributed by atoms with E-state index < -0.39 is 57.9 Å². The van der Waals surface area contributed by atoms with Gasteiger partial charge >= 0.3 is 6.18 Å². The lowest BCUT2D eigenvalue weighted by Gasteiger charge is -2.37. The number of rotatable bonds is 6. The van der Waals surface area contributed by atoms with E-state index >= 15 is 0 Å². The Morgan fingerprint density at radius 3 is 2.23 bits per heavy atom. The predicted octanol–water partition coefficient (Wildman–Crippen LogP) is 3.81. The standard InChI is InChI=1S/C14H17BrF6N2O2S/c1-12(2,3)26(25)23-13(11(17)18,6-8(24)14(19,20)21)10-7(16)4-5-9(15)22-10/h4-5,8,11,23-24H,6H2,1-3H3. The van der Waals surface area contributed by atoms with Gasteiger partial charge in [0.05, 0.1) is 15.7 Å². The van der Waals surface area contributed by atoms with E-state index in [1.807, 2.05) is 4.72 Å². The Kier molecular flexibility index (Phi) is 7.27. The molecule has 3 unspecified atom stereocenters. The fourth-order valence-corrected chi connectivity index (χ4v) is 3.11. The number of aliphatic hydroxyl groups excluding tert-OH is 1. The Bertz CT molecular complexity index is 668. The Morgan fingerprint density at radius 1 is 1.27 bits per heavy atom. The third-order valence-corrected chi connectivity index (χ3v) is 5.43. The molecule has 1 aromatic rings. The molecule has 0 amide bonds. The second-order valence-corrected chi connectivity index (χ2v) is 9.26. The monoisotopic (exact) mass is 470 g/mol. The van der Waals surface area contributed by atoms with Crippen LogP contribution in [0.3, 0.4) is 0 Å². The van der Waals surface area contributed by atoms with E-state index in [9.17, 15) is 35.7 Å². The van der Waals surface area contributed by atoms with Crippen molar-refractivity contribution in [1.82, 2.24) is 9.71 Å². The molecular weight excluding hydrogens is 454 g/mol. The molecule has 150 valence electrons. The minimum atomic E-state index is -5.24. The molecule has 4 nitrogen and oxygen atoms in total. The Balaban J connectivity index is 3.60. The molecule has 0 aliphatic heterocycles. The summed E-state index contributed by atoms with van der Waals surface area (Å²) >= 11 is 2.84. The zero-order valence-corrected chi connectivity index (χ0v) is 16.3. The molecule has 1 rings (SSSR count). The Labute approximate surface area is 157 Å². The van der Waals surface area contributed by atoms with Crippen LogP contribution in [0.2, 0.25) is 0 Å². The molecule has 0 fully saturated rings. The van der Waals surface area contributed by atoms with Crippen LogP contribution in [-0.2, 0) is 16.5 Å². The maximum absolute atomic E-state index is 14.2. The highest BCUT2D eigenvalue weighted by molar-refractivity contribution is 9.10. The van der Waals surface area contributed by atoms with E-state index in [-0.39, 0.29) is 4.60 Å². The van der Waals surface area contributed by atoms with Crippen molar-refractivity contribution in [3.05, 3.63) is 28.2 Å². The highest BCUT2D eigenvalue weighted by Crippen LogP contribution is 2.39. The second-order valence-electron chi connectivity index (χ2n) is 6.48. The lowest BCUT2D eigenvalue weighted by molar-refractivity contribution is -0.214. The highest BCUT2D eigenvalue weighted by Gasteiger charge is 2.53. The van der Waals surface area contributed by atoms with Crippen molar-refractivity contribution in [1.29, 1.82) is 0 Å². The van der Waals surface area contributed by atoms with Crippen LogP contribution in [0.1, 0.15) is 32.9 Å². The van der Waals surface area contributed by atoms with Gasteiger partial charge in [-0.2, -0.15) is 13.2 Å². The van der Waals surface area contributed by atoms with Gasteiger partial charge in [0.1, 0.15) is 21.7 Å². The molecular formula is C14H17BrF6N2O2S. The van der Waals surface area contributed by atoms with E-state index in [0.717, 1.165) is 12.1 Å². The van der Waals surface area contributed by atoms with Crippen LogP contribution in [0, 0.1) is 5.82 Å². The molecule has 0 saturated carbocycles. The molecule has 3 atom stereocenters. The molecule has 0 saturated heterocycles. The molecule has 2 N–H and O–H groups in total. The van der Waals surface area contributed by atoms with E-state index in [0.29, 0.717) is 0 Å². The zero-order chi connectivity index (χ0) is 20.5. The maximum Gasteiger partial charge on any atom is 0.414 e. The van der Waals surface area contributed by atoms with Crippen LogP contribution in [0.25, 0.3) is 0 Å². The number of alkyl halides is 5. The summed E-state index contributed by atoms with van der Waals surface area (Å²) in [6.07, 6.45) is -13.8. The van der Waals surface area contributed by atoms with Crippen LogP contribution in [-0.4, -0.2) is 37.8 Å². The first-order valence-electron chi connectivity index (χ1n) is 7.16. The summed E-state index contributed by atoms with van der Waals surface area (Å²) < 4.78 is 93.4. The normalized spacial score (nSPS) is 17.8. The van der Waals surface area contributed by atoms with Crippen molar-refractivity contribution in [2.45, 2.75) is 56.2 Å². The van der Waals surface area contributed by atoms with Crippen LogP contribution in [0.4, 0.5) is 26.3 Å². The summed E-state index contributed by atoms with van der Waals surface area (Å²) in [6.45, 7) is 4.16. The summed E-state index contributed by atoms with van der Waals surface area (Å²) in [5, 5.41) is 9.35. The quantitative estimate of drug-likeness (QED) is 0.490. The van der Waals surface area contributed by atoms with Crippen molar-refractivity contribution >= 4 is 26.9 Å². The van der Waals surface area contributed by atoms with Gasteiger partial charge in [-0.25, -0.2) is 27.1 Å². The number of hydrogen-bond acceptors (Lipinski definition) is 3. The van der Waals surface area contributed by atoms with E-state index in [2.05, 4.69) is 20.9 Å². The topological polar surface area (TPSA) is 62.2 Å². The summed E-state index contributed by atoms with van der Waals surface area (Å²) in [6, 6.07) is 1.79. The number of nitrogens with zero attached hydrogens (tertiary/aromatic N) is 1. The molecule has 1 heterocycles. The minimum absolute atomic E-state index is 0.122. The number of aliphatic hydroxyl groups is 1. The first-order valence-corrected chi connectivity index (χ1v) is 9.10. The first kappa shape index (κ1) is 23.3. The molecule has 0 aliphatic rings. The van der Waals surface area contributed by atoms with Crippen LogP contribution in [0.5, 0.6) is 0 Å². The van der Waals surface area contributed by atoms with Gasteiger partial charge in [0.2, 0.25) is 0 Å². The molecule has 1 aromatic heterocycles. The third-order valence-electron chi connectivity index (χ3n) is 3.33. The molecule has 12 heteroatoms. The van der Waals surface area contributed by atoms with Gasteiger partial charge in [0, 0.05) is 6.42 Å². The lowest BCUT2D eigenvalue weighted by Crippen LogP contribution is -2.56. The Morgan fingerprint density at radius 2 is 1.81 bits per heavy atom. The zero-order valence-electron chi connectivity index (χ0n) is 13.9. The van der Waals surface area contributed by atoms with Gasteiger partial charge in [0.25, 0.3) is 6.43 Å². The largest absolute Gasteiger partial charge is 0.414 e. The van der Waals surface area contributed by atoms with E-state index in [1.54, 1.807) is 0 Å². The predicted molar refractivity (Wildman–Crippen MR) is 87.3 cm³/mol. The van der Waals surface area contributed by atoms with Gasteiger partial charge in [-0.3, -0.25) is 0 Å². The van der Waals surface area contributed by atoms with Gasteiger partial charge in [-0.05, 0) is 48.8 Å². The number of nitrogens with one attached hydrogen (secondary N) is 1. The maximum atomic E-state index is 14.2. The SMILES string of the molecule is CC(C)(C)S(=O)NC(CC(O)C(F)(F)F)(c1nc(Br)ccc1F)C(F)F. The molecule has 0 bridgehead atoms. The Hall–Kier alpha value is -0.720. The average Bonchev–Trinajstić information content (AvgIpc) is 2.46. The summed E-state index contributed by atoms with van der Waals surface area (Å²) in [4.78, 5) is 3.52. The molecule has 26 heavy (non-hydrogen) atoms. The molecule has 0 aromatic carbocycles. The molecule has 0 radical (unpaired) electrons. The molecule has 0 aliphatic carbocycles. The fourth-order valence-electron chi connectivity index (χ4n) is 1.89.